The van der Waals surface area contributed by atoms with Crippen LogP contribution in [0.2, 0.25) is 0 Å². The van der Waals surface area contributed by atoms with Gasteiger partial charge in [-0.15, -0.1) is 0 Å². The van der Waals surface area contributed by atoms with Crippen LogP contribution in [0.4, 0.5) is 0 Å². The number of aryl methyl sites for hydroxylation is 1. The van der Waals surface area contributed by atoms with Crippen molar-refractivity contribution >= 4 is 33.9 Å². The summed E-state index contributed by atoms with van der Waals surface area (Å²) >= 11 is 2.18. The van der Waals surface area contributed by atoms with E-state index in [0.29, 0.717) is 6.42 Å². The van der Waals surface area contributed by atoms with Crippen molar-refractivity contribution in [3.05, 3.63) is 39.0 Å². The molecule has 0 spiro atoms. The molecule has 0 atom stereocenters. The van der Waals surface area contributed by atoms with Crippen LogP contribution >= 0.6 is 22.6 Å². The van der Waals surface area contributed by atoms with Gasteiger partial charge in [0.25, 0.3) is 0 Å². The Balaban J connectivity index is 2.97. The van der Waals surface area contributed by atoms with E-state index in [-0.39, 0.29) is 5.78 Å². The Morgan fingerprint density at radius 3 is 2.53 bits per heavy atom. The summed E-state index contributed by atoms with van der Waals surface area (Å²) in [5.41, 5.74) is 3.51. The van der Waals surface area contributed by atoms with Crippen LogP contribution < -0.4 is 0 Å². The summed E-state index contributed by atoms with van der Waals surface area (Å²) in [6.07, 6.45) is 2.71. The zero-order chi connectivity index (χ0) is 12.8. The van der Waals surface area contributed by atoms with Gasteiger partial charge in [-0.25, -0.2) is 0 Å². The summed E-state index contributed by atoms with van der Waals surface area (Å²) in [7, 11) is 0. The fraction of sp³-hybridized carbons (Fsp3) is 0.400. The normalized spacial score (nSPS) is 12.2. The molecule has 1 nitrogen and oxygen atoms in total. The third kappa shape index (κ3) is 3.95. The Bertz CT molecular complexity index is 432. The minimum Gasteiger partial charge on any atom is -0.294 e. The quantitative estimate of drug-likeness (QED) is 0.548. The molecule has 0 aliphatic heterocycles. The number of rotatable bonds is 5. The van der Waals surface area contributed by atoms with Crippen molar-refractivity contribution in [1.82, 2.24) is 0 Å². The van der Waals surface area contributed by atoms with Crippen molar-refractivity contribution in [3.63, 3.8) is 0 Å². The van der Waals surface area contributed by atoms with Crippen LogP contribution in [0.15, 0.2) is 27.8 Å². The molecule has 17 heavy (non-hydrogen) atoms. The summed E-state index contributed by atoms with van der Waals surface area (Å²) < 4.78 is 0.880. The average Bonchev–Trinajstić information content (AvgIpc) is 2.34. The van der Waals surface area contributed by atoms with Crippen molar-refractivity contribution in [2.24, 2.45) is 0 Å². The van der Waals surface area contributed by atoms with Crippen LogP contribution in [-0.4, -0.2) is 5.78 Å². The number of ketones is 1. The Kier molecular flexibility index (Phi) is 5.89. The van der Waals surface area contributed by atoms with E-state index in [0.717, 1.165) is 22.0 Å². The molecule has 0 saturated carbocycles. The van der Waals surface area contributed by atoms with Gasteiger partial charge in [-0.2, -0.15) is 0 Å². The first-order valence-corrected chi connectivity index (χ1v) is 7.11. The maximum absolute atomic E-state index is 12.0. The number of hydrogen-bond acceptors (Lipinski definition) is 1. The third-order valence-corrected chi connectivity index (χ3v) is 4.29. The molecule has 1 aromatic carbocycles. The van der Waals surface area contributed by atoms with Gasteiger partial charge in [0, 0.05) is 6.42 Å². The minimum atomic E-state index is 0.271. The molecule has 92 valence electrons. The van der Waals surface area contributed by atoms with E-state index in [1.807, 2.05) is 19.1 Å². The molecule has 0 N–H and O–H groups in total. The highest BCUT2D eigenvalue weighted by Gasteiger charge is 2.11. The zero-order valence-electron chi connectivity index (χ0n) is 10.7. The lowest BCUT2D eigenvalue weighted by Crippen LogP contribution is -2.00. The Labute approximate surface area is 117 Å². The second kappa shape index (κ2) is 6.94. The maximum Gasteiger partial charge on any atom is 0.169 e. The topological polar surface area (TPSA) is 17.1 Å². The van der Waals surface area contributed by atoms with Gasteiger partial charge < -0.3 is 0 Å². The smallest absolute Gasteiger partial charge is 0.169 e. The van der Waals surface area contributed by atoms with Crippen LogP contribution in [0, 0.1) is 6.92 Å². The van der Waals surface area contributed by atoms with Crippen LogP contribution in [0.5, 0.6) is 0 Å². The van der Waals surface area contributed by atoms with Gasteiger partial charge in [0.05, 0.1) is 3.58 Å². The molecule has 1 rings (SSSR count). The van der Waals surface area contributed by atoms with Crippen LogP contribution in [-0.2, 0) is 4.79 Å². The van der Waals surface area contributed by atoms with E-state index < -0.39 is 0 Å². The monoisotopic (exact) mass is 342 g/mol. The van der Waals surface area contributed by atoms with Crippen molar-refractivity contribution in [2.45, 2.75) is 40.0 Å². The number of benzene rings is 1. The molecule has 0 saturated heterocycles. The molecule has 0 heterocycles. The van der Waals surface area contributed by atoms with Gasteiger partial charge in [0.2, 0.25) is 0 Å². The first-order valence-electron chi connectivity index (χ1n) is 6.03. The van der Waals surface area contributed by atoms with Gasteiger partial charge >= 0.3 is 0 Å². The first kappa shape index (κ1) is 14.4. The summed E-state index contributed by atoms with van der Waals surface area (Å²) in [5.74, 6) is 0.271. The summed E-state index contributed by atoms with van der Waals surface area (Å²) in [6, 6.07) is 8.21. The lowest BCUT2D eigenvalue weighted by Gasteiger charge is -2.08. The van der Waals surface area contributed by atoms with E-state index in [9.17, 15) is 4.79 Å². The summed E-state index contributed by atoms with van der Waals surface area (Å²) in [5, 5.41) is 0. The van der Waals surface area contributed by atoms with Crippen molar-refractivity contribution < 1.29 is 4.79 Å². The lowest BCUT2D eigenvalue weighted by atomic mass is 10.00. The highest BCUT2D eigenvalue weighted by molar-refractivity contribution is 14.1. The number of hydrogen-bond donors (Lipinski definition) is 0. The fourth-order valence-electron chi connectivity index (χ4n) is 1.77. The van der Waals surface area contributed by atoms with Gasteiger partial charge in [-0.05, 0) is 59.6 Å². The number of carbonyl (C=O) groups excluding carboxylic acids is 1. The SMILES string of the molecule is CCCCC(=O)/C(I)=C(/C)c1ccccc1C. The molecule has 0 unspecified atom stereocenters. The van der Waals surface area contributed by atoms with Gasteiger partial charge in [-0.3, -0.25) is 4.79 Å². The molecule has 0 aliphatic rings. The highest BCUT2D eigenvalue weighted by Crippen LogP contribution is 2.27. The lowest BCUT2D eigenvalue weighted by molar-refractivity contribution is -0.114. The van der Waals surface area contributed by atoms with Crippen molar-refractivity contribution in [1.29, 1.82) is 0 Å². The van der Waals surface area contributed by atoms with Gasteiger partial charge in [-0.1, -0.05) is 37.6 Å². The van der Waals surface area contributed by atoms with E-state index in [4.69, 9.17) is 0 Å². The predicted molar refractivity (Wildman–Crippen MR) is 82.3 cm³/mol. The van der Waals surface area contributed by atoms with E-state index in [1.54, 1.807) is 0 Å². The molecule has 0 aromatic heterocycles. The van der Waals surface area contributed by atoms with Gasteiger partial charge in [0.15, 0.2) is 5.78 Å². The van der Waals surface area contributed by atoms with Crippen LogP contribution in [0.1, 0.15) is 44.2 Å². The highest BCUT2D eigenvalue weighted by atomic mass is 127. The summed E-state index contributed by atoms with van der Waals surface area (Å²) in [4.78, 5) is 12.0. The molecule has 0 fully saturated rings. The molecule has 0 aliphatic carbocycles. The fourth-order valence-corrected chi connectivity index (χ4v) is 2.33. The third-order valence-electron chi connectivity index (χ3n) is 2.88. The largest absolute Gasteiger partial charge is 0.294 e. The second-order valence-electron chi connectivity index (χ2n) is 4.28. The zero-order valence-corrected chi connectivity index (χ0v) is 12.9. The number of Topliss-reactive ketones (excluding diaryl/α,β-unsaturated/α-hetero) is 1. The van der Waals surface area contributed by atoms with Gasteiger partial charge in [0.1, 0.15) is 0 Å². The summed E-state index contributed by atoms with van der Waals surface area (Å²) in [6.45, 7) is 6.23. The molecule has 1 aromatic rings. The second-order valence-corrected chi connectivity index (χ2v) is 5.36. The molecule has 0 amide bonds. The van der Waals surface area contributed by atoms with Crippen molar-refractivity contribution in [3.8, 4) is 0 Å². The predicted octanol–water partition coefficient (Wildman–Crippen LogP) is 4.92. The Morgan fingerprint density at radius 1 is 1.29 bits per heavy atom. The van der Waals surface area contributed by atoms with Crippen LogP contribution in [0.25, 0.3) is 5.57 Å². The first-order chi connectivity index (χ1) is 8.07. The van der Waals surface area contributed by atoms with E-state index >= 15 is 0 Å². The standard InChI is InChI=1S/C15H19IO/c1-4-5-10-14(17)15(16)12(3)13-9-7-6-8-11(13)2/h6-9H,4-5,10H2,1-3H3/b15-12+. The average molecular weight is 342 g/mol. The molecule has 0 bridgehead atoms. The molecular formula is C15H19IO. The van der Waals surface area contributed by atoms with Crippen LogP contribution in [0.3, 0.4) is 0 Å². The Hall–Kier alpha value is -0.640. The van der Waals surface area contributed by atoms with E-state index in [2.05, 4.69) is 48.6 Å². The maximum atomic E-state index is 12.0. The molecule has 0 radical (unpaired) electrons. The minimum absolute atomic E-state index is 0.271. The molecule has 2 heteroatoms. The Morgan fingerprint density at radius 2 is 1.94 bits per heavy atom. The number of carbonyl (C=O) groups is 1. The molecular weight excluding hydrogens is 323 g/mol. The number of allylic oxidation sites excluding steroid dienone is 2. The number of halogens is 1. The van der Waals surface area contributed by atoms with Crippen molar-refractivity contribution in [2.75, 3.05) is 0 Å². The van der Waals surface area contributed by atoms with E-state index in [1.165, 1.54) is 11.1 Å². The number of unbranched alkanes of at least 4 members (excludes halogenated alkanes) is 1.